The fourth-order valence-corrected chi connectivity index (χ4v) is 4.34. The Morgan fingerprint density at radius 3 is 2.53 bits per heavy atom. The molecule has 0 bridgehead atoms. The van der Waals surface area contributed by atoms with E-state index in [9.17, 15) is 14.0 Å². The number of hydrogen-bond donors (Lipinski definition) is 1. The SMILES string of the molecule is CC[C@H](Oc1ccc2c(c1)[C@H](c1cccc(F)c1)N(C(=O)CC(C)C)CC2)C(=O)NCC(C)C. The Bertz CT molecular complexity index is 1000. The second-order valence-electron chi connectivity index (χ2n) is 9.91. The molecule has 5 nitrogen and oxygen atoms in total. The van der Waals surface area contributed by atoms with Gasteiger partial charge in [-0.1, -0.05) is 52.8 Å². The molecule has 1 aliphatic rings. The molecule has 34 heavy (non-hydrogen) atoms. The molecular formula is C28H37FN2O3. The average Bonchev–Trinajstić information content (AvgIpc) is 2.79. The quantitative estimate of drug-likeness (QED) is 0.545. The van der Waals surface area contributed by atoms with Crippen molar-refractivity contribution in [2.45, 2.75) is 66.0 Å². The molecule has 3 rings (SSSR count). The molecule has 0 fully saturated rings. The maximum Gasteiger partial charge on any atom is 0.261 e. The molecule has 6 heteroatoms. The van der Waals surface area contributed by atoms with Gasteiger partial charge < -0.3 is 15.0 Å². The average molecular weight is 469 g/mol. The van der Waals surface area contributed by atoms with E-state index in [1.165, 1.54) is 12.1 Å². The molecule has 0 aliphatic carbocycles. The van der Waals surface area contributed by atoms with E-state index < -0.39 is 12.1 Å². The molecule has 0 spiro atoms. The number of halogens is 1. The number of nitrogens with one attached hydrogen (secondary N) is 1. The fraction of sp³-hybridized carbons (Fsp3) is 0.500. The van der Waals surface area contributed by atoms with Crippen LogP contribution in [0.1, 0.15) is 70.2 Å². The van der Waals surface area contributed by atoms with Gasteiger partial charge in [0.25, 0.3) is 5.91 Å². The lowest BCUT2D eigenvalue weighted by Gasteiger charge is -2.38. The summed E-state index contributed by atoms with van der Waals surface area (Å²) >= 11 is 0. The van der Waals surface area contributed by atoms with Gasteiger partial charge in [0.2, 0.25) is 5.91 Å². The second-order valence-corrected chi connectivity index (χ2v) is 9.91. The molecule has 0 radical (unpaired) electrons. The summed E-state index contributed by atoms with van der Waals surface area (Å²) in [7, 11) is 0. The van der Waals surface area contributed by atoms with Crippen molar-refractivity contribution in [2.24, 2.45) is 11.8 Å². The predicted octanol–water partition coefficient (Wildman–Crippen LogP) is 5.28. The number of nitrogens with zero attached hydrogens (tertiary/aromatic N) is 1. The first-order valence-corrected chi connectivity index (χ1v) is 12.3. The van der Waals surface area contributed by atoms with Crippen LogP contribution >= 0.6 is 0 Å². The molecule has 1 aliphatic heterocycles. The van der Waals surface area contributed by atoms with Gasteiger partial charge in [0.05, 0.1) is 6.04 Å². The van der Waals surface area contributed by atoms with Crippen LogP contribution in [0.15, 0.2) is 42.5 Å². The van der Waals surface area contributed by atoms with Crippen LogP contribution in [0.3, 0.4) is 0 Å². The third-order valence-corrected chi connectivity index (χ3v) is 6.04. The lowest BCUT2D eigenvalue weighted by molar-refractivity contribution is -0.134. The highest BCUT2D eigenvalue weighted by atomic mass is 19.1. The molecule has 2 aromatic carbocycles. The lowest BCUT2D eigenvalue weighted by Crippen LogP contribution is -2.41. The van der Waals surface area contributed by atoms with E-state index in [1.54, 1.807) is 6.07 Å². The Balaban J connectivity index is 1.95. The van der Waals surface area contributed by atoms with Crippen LogP contribution in [0, 0.1) is 17.7 Å². The normalized spacial score (nSPS) is 16.4. The maximum absolute atomic E-state index is 14.2. The first kappa shape index (κ1) is 25.7. The second kappa shape index (κ2) is 11.5. The molecule has 184 valence electrons. The third kappa shape index (κ3) is 6.37. The summed E-state index contributed by atoms with van der Waals surface area (Å²) in [6, 6.07) is 11.8. The molecule has 2 atom stereocenters. The van der Waals surface area contributed by atoms with E-state index in [1.807, 2.05) is 63.8 Å². The van der Waals surface area contributed by atoms with Crippen LogP contribution in [-0.2, 0) is 16.0 Å². The lowest BCUT2D eigenvalue weighted by atomic mass is 9.87. The van der Waals surface area contributed by atoms with Gasteiger partial charge in [-0.05, 0) is 65.6 Å². The summed E-state index contributed by atoms with van der Waals surface area (Å²) in [6.07, 6.45) is 1.09. The third-order valence-electron chi connectivity index (χ3n) is 6.04. The summed E-state index contributed by atoms with van der Waals surface area (Å²) in [6.45, 7) is 11.2. The van der Waals surface area contributed by atoms with Gasteiger partial charge in [-0.25, -0.2) is 4.39 Å². The zero-order valence-electron chi connectivity index (χ0n) is 20.9. The summed E-state index contributed by atoms with van der Waals surface area (Å²) in [4.78, 5) is 27.6. The minimum atomic E-state index is -0.605. The maximum atomic E-state index is 14.2. The zero-order chi connectivity index (χ0) is 24.8. The molecule has 0 saturated heterocycles. The van der Waals surface area contributed by atoms with E-state index in [-0.39, 0.29) is 23.5 Å². The molecule has 0 saturated carbocycles. The van der Waals surface area contributed by atoms with Crippen molar-refractivity contribution >= 4 is 11.8 Å². The van der Waals surface area contributed by atoms with Crippen LogP contribution in [0.2, 0.25) is 0 Å². The summed E-state index contributed by atoms with van der Waals surface area (Å²) in [5, 5.41) is 2.94. The van der Waals surface area contributed by atoms with Crippen LogP contribution < -0.4 is 10.1 Å². The van der Waals surface area contributed by atoms with Gasteiger partial charge in [-0.3, -0.25) is 9.59 Å². The molecule has 0 aromatic heterocycles. The summed E-state index contributed by atoms with van der Waals surface area (Å²) in [5.74, 6) is 0.744. The largest absolute Gasteiger partial charge is 0.481 e. The van der Waals surface area contributed by atoms with Gasteiger partial charge in [0, 0.05) is 19.5 Å². The van der Waals surface area contributed by atoms with E-state index in [4.69, 9.17) is 4.74 Å². The van der Waals surface area contributed by atoms with Crippen molar-refractivity contribution < 1.29 is 18.7 Å². The number of carbonyl (C=O) groups is 2. The minimum absolute atomic E-state index is 0.0562. The van der Waals surface area contributed by atoms with Gasteiger partial charge in [0.1, 0.15) is 11.6 Å². The number of benzene rings is 2. The monoisotopic (exact) mass is 468 g/mol. The Morgan fingerprint density at radius 1 is 1.12 bits per heavy atom. The van der Waals surface area contributed by atoms with Crippen molar-refractivity contribution in [2.75, 3.05) is 13.1 Å². The fourth-order valence-electron chi connectivity index (χ4n) is 4.34. The number of hydrogen-bond acceptors (Lipinski definition) is 3. The van der Waals surface area contributed by atoms with Gasteiger partial charge >= 0.3 is 0 Å². The van der Waals surface area contributed by atoms with Crippen molar-refractivity contribution in [3.8, 4) is 5.75 Å². The number of ether oxygens (including phenoxy) is 1. The first-order chi connectivity index (χ1) is 16.2. The van der Waals surface area contributed by atoms with Crippen LogP contribution in [0.5, 0.6) is 5.75 Å². The minimum Gasteiger partial charge on any atom is -0.481 e. The van der Waals surface area contributed by atoms with Crippen LogP contribution in [0.4, 0.5) is 4.39 Å². The van der Waals surface area contributed by atoms with E-state index in [2.05, 4.69) is 5.32 Å². The standard InChI is InChI=1S/C28H37FN2O3/c1-6-25(28(33)30-17-19(4)5)34-23-11-10-20-12-13-31(26(32)14-18(2)3)27(24(20)16-23)21-8-7-9-22(29)15-21/h7-11,15-16,18-19,25,27H,6,12-14,17H2,1-5H3,(H,30,33)/t25-,27-/m0/s1. The predicted molar refractivity (Wildman–Crippen MR) is 132 cm³/mol. The van der Waals surface area contributed by atoms with Crippen molar-refractivity contribution in [3.05, 3.63) is 65.0 Å². The smallest absolute Gasteiger partial charge is 0.261 e. The van der Waals surface area contributed by atoms with Crippen LogP contribution in [-0.4, -0.2) is 35.9 Å². The van der Waals surface area contributed by atoms with Gasteiger partial charge in [-0.15, -0.1) is 0 Å². The van der Waals surface area contributed by atoms with Crippen LogP contribution in [0.25, 0.3) is 0 Å². The van der Waals surface area contributed by atoms with E-state index in [0.717, 1.165) is 23.1 Å². The molecular weight excluding hydrogens is 431 g/mol. The highest BCUT2D eigenvalue weighted by Crippen LogP contribution is 2.38. The summed E-state index contributed by atoms with van der Waals surface area (Å²) in [5.41, 5.74) is 2.76. The van der Waals surface area contributed by atoms with Gasteiger partial charge in [0.15, 0.2) is 6.10 Å². The Hall–Kier alpha value is -2.89. The number of carbonyl (C=O) groups excluding carboxylic acids is 2. The molecule has 2 aromatic rings. The molecule has 2 amide bonds. The van der Waals surface area contributed by atoms with Gasteiger partial charge in [-0.2, -0.15) is 0 Å². The highest BCUT2D eigenvalue weighted by molar-refractivity contribution is 5.81. The van der Waals surface area contributed by atoms with Crippen molar-refractivity contribution in [1.29, 1.82) is 0 Å². The Morgan fingerprint density at radius 2 is 1.88 bits per heavy atom. The molecule has 1 heterocycles. The zero-order valence-corrected chi connectivity index (χ0v) is 20.9. The Labute approximate surface area is 202 Å². The molecule has 1 N–H and O–H groups in total. The van der Waals surface area contributed by atoms with E-state index >= 15 is 0 Å². The van der Waals surface area contributed by atoms with Crippen molar-refractivity contribution in [1.82, 2.24) is 10.2 Å². The first-order valence-electron chi connectivity index (χ1n) is 12.3. The topological polar surface area (TPSA) is 58.6 Å². The Kier molecular flexibility index (Phi) is 8.70. The number of rotatable bonds is 9. The number of amides is 2. The van der Waals surface area contributed by atoms with E-state index in [0.29, 0.717) is 37.6 Å². The molecule has 0 unspecified atom stereocenters. The highest BCUT2D eigenvalue weighted by Gasteiger charge is 2.33. The van der Waals surface area contributed by atoms with Crippen molar-refractivity contribution in [3.63, 3.8) is 0 Å². The number of fused-ring (bicyclic) bond motifs is 1. The summed E-state index contributed by atoms with van der Waals surface area (Å²) < 4.78 is 20.3.